The van der Waals surface area contributed by atoms with Crippen molar-refractivity contribution in [2.24, 2.45) is 0 Å². The number of aryl methyl sites for hydroxylation is 2. The van der Waals surface area contributed by atoms with Crippen molar-refractivity contribution < 1.29 is 19.1 Å². The van der Waals surface area contributed by atoms with Crippen molar-refractivity contribution in [1.29, 1.82) is 0 Å². The number of allylic oxidation sites excluding steroid dienone is 2. The maximum Gasteiger partial charge on any atom is 0.232 e. The molecule has 1 aliphatic carbocycles. The summed E-state index contributed by atoms with van der Waals surface area (Å²) in [5, 5.41) is 0. The first-order valence-corrected chi connectivity index (χ1v) is 10.1. The highest BCUT2D eigenvalue weighted by Crippen LogP contribution is 2.45. The number of hydrogen-bond donors (Lipinski definition) is 0. The molecule has 29 heavy (non-hydrogen) atoms. The Morgan fingerprint density at radius 3 is 2.48 bits per heavy atom. The first-order chi connectivity index (χ1) is 14.0. The molecule has 0 radical (unpaired) electrons. The highest BCUT2D eigenvalue weighted by Gasteiger charge is 2.40. The van der Waals surface area contributed by atoms with Gasteiger partial charge in [-0.3, -0.25) is 14.5 Å². The Morgan fingerprint density at radius 1 is 0.931 bits per heavy atom. The van der Waals surface area contributed by atoms with Crippen molar-refractivity contribution in [3.05, 3.63) is 64.4 Å². The molecular formula is C24H23NO4. The van der Waals surface area contributed by atoms with E-state index in [-0.39, 0.29) is 30.8 Å². The molecule has 0 N–H and O–H groups in total. The molecule has 1 atom stereocenters. The molecule has 0 aromatic heterocycles. The lowest BCUT2D eigenvalue weighted by Crippen LogP contribution is -2.40. The van der Waals surface area contributed by atoms with Crippen molar-refractivity contribution in [2.75, 3.05) is 11.7 Å². The molecule has 2 aromatic rings. The zero-order valence-corrected chi connectivity index (χ0v) is 16.7. The Morgan fingerprint density at radius 2 is 1.69 bits per heavy atom. The number of hydrogen-bond acceptors (Lipinski definition) is 4. The summed E-state index contributed by atoms with van der Waals surface area (Å²) >= 11 is 0. The lowest BCUT2D eigenvalue weighted by molar-refractivity contribution is -0.119. The fourth-order valence-electron chi connectivity index (χ4n) is 4.79. The van der Waals surface area contributed by atoms with Crippen LogP contribution in [0.1, 0.15) is 48.3 Å². The molecular weight excluding hydrogens is 366 g/mol. The minimum Gasteiger partial charge on any atom is -0.454 e. The summed E-state index contributed by atoms with van der Waals surface area (Å²) in [6, 6.07) is 11.9. The Bertz CT molecular complexity index is 1050. The van der Waals surface area contributed by atoms with Crippen molar-refractivity contribution in [3.63, 3.8) is 0 Å². The van der Waals surface area contributed by atoms with E-state index in [4.69, 9.17) is 9.47 Å². The van der Waals surface area contributed by atoms with Gasteiger partial charge < -0.3 is 9.47 Å². The van der Waals surface area contributed by atoms with Gasteiger partial charge >= 0.3 is 0 Å². The summed E-state index contributed by atoms with van der Waals surface area (Å²) in [7, 11) is 0. The monoisotopic (exact) mass is 389 g/mol. The van der Waals surface area contributed by atoms with E-state index in [1.54, 1.807) is 4.90 Å². The van der Waals surface area contributed by atoms with Gasteiger partial charge in [-0.2, -0.15) is 0 Å². The summed E-state index contributed by atoms with van der Waals surface area (Å²) in [6.07, 6.45) is 2.33. The average Bonchev–Trinajstić information content (AvgIpc) is 3.14. The van der Waals surface area contributed by atoms with Crippen molar-refractivity contribution in [1.82, 2.24) is 0 Å². The number of nitrogens with zero attached hydrogens (tertiary/aromatic N) is 1. The molecule has 0 fully saturated rings. The third-order valence-electron chi connectivity index (χ3n) is 5.94. The molecule has 2 aromatic carbocycles. The molecule has 5 nitrogen and oxygen atoms in total. The fourth-order valence-corrected chi connectivity index (χ4v) is 4.79. The van der Waals surface area contributed by atoms with Gasteiger partial charge in [0.05, 0.1) is 0 Å². The van der Waals surface area contributed by atoms with Gasteiger partial charge in [-0.25, -0.2) is 0 Å². The molecule has 5 heteroatoms. The second-order valence-corrected chi connectivity index (χ2v) is 8.08. The number of amides is 1. The van der Waals surface area contributed by atoms with Gasteiger partial charge in [0.25, 0.3) is 0 Å². The second kappa shape index (κ2) is 6.76. The van der Waals surface area contributed by atoms with Crippen LogP contribution in [0.4, 0.5) is 5.69 Å². The zero-order valence-electron chi connectivity index (χ0n) is 16.7. The molecule has 0 spiro atoms. The van der Waals surface area contributed by atoms with Crippen molar-refractivity contribution in [2.45, 2.75) is 45.4 Å². The number of carbonyl (C=O) groups is 2. The quantitative estimate of drug-likeness (QED) is 0.756. The van der Waals surface area contributed by atoms with Crippen LogP contribution in [0.2, 0.25) is 0 Å². The summed E-state index contributed by atoms with van der Waals surface area (Å²) in [6.45, 7) is 4.26. The van der Waals surface area contributed by atoms with E-state index in [0.717, 1.165) is 46.5 Å². The minimum absolute atomic E-state index is 0.0334. The van der Waals surface area contributed by atoms with Gasteiger partial charge in [0.15, 0.2) is 17.3 Å². The Kier molecular flexibility index (Phi) is 4.19. The van der Waals surface area contributed by atoms with Crippen LogP contribution in [0, 0.1) is 13.8 Å². The Labute approximate surface area is 169 Å². The number of rotatable bonds is 2. The van der Waals surface area contributed by atoms with Gasteiger partial charge in [-0.15, -0.1) is 0 Å². The number of Topliss-reactive ketones (excluding diaryl/α,β-unsaturated/α-hetero) is 1. The van der Waals surface area contributed by atoms with E-state index in [9.17, 15) is 9.59 Å². The van der Waals surface area contributed by atoms with Gasteiger partial charge in [-0.1, -0.05) is 12.1 Å². The van der Waals surface area contributed by atoms with Gasteiger partial charge in [-0.05, 0) is 67.6 Å². The number of ether oxygens (including phenoxy) is 2. The third kappa shape index (κ3) is 3.01. The first-order valence-electron chi connectivity index (χ1n) is 10.1. The second-order valence-electron chi connectivity index (χ2n) is 8.08. The van der Waals surface area contributed by atoms with E-state index < -0.39 is 0 Å². The smallest absolute Gasteiger partial charge is 0.232 e. The van der Waals surface area contributed by atoms with E-state index >= 15 is 0 Å². The predicted molar refractivity (Wildman–Crippen MR) is 109 cm³/mol. The fraction of sp³-hybridized carbons (Fsp3) is 0.333. The maximum atomic E-state index is 13.3. The Balaban J connectivity index is 1.64. The van der Waals surface area contributed by atoms with E-state index in [1.165, 1.54) is 0 Å². The van der Waals surface area contributed by atoms with Crippen molar-refractivity contribution >= 4 is 17.4 Å². The Hall–Kier alpha value is -3.08. The average molecular weight is 389 g/mol. The summed E-state index contributed by atoms with van der Waals surface area (Å²) < 4.78 is 10.9. The standard InChI is InChI=1S/C24H23NO4/c1-14-8-15(2)10-17(9-14)25-19-4-3-5-20(26)24(19)18(12-23(25)27)16-6-7-21-22(11-16)29-13-28-21/h6-11,18H,3-5,12-13H2,1-2H3. The first kappa shape index (κ1) is 18.0. The molecule has 2 heterocycles. The van der Waals surface area contributed by atoms with Crippen LogP contribution in [0.3, 0.4) is 0 Å². The molecule has 0 saturated heterocycles. The molecule has 1 amide bonds. The number of benzene rings is 2. The molecule has 0 bridgehead atoms. The van der Waals surface area contributed by atoms with Crippen molar-refractivity contribution in [3.8, 4) is 11.5 Å². The largest absolute Gasteiger partial charge is 0.454 e. The van der Waals surface area contributed by atoms with Crippen LogP contribution in [0.5, 0.6) is 11.5 Å². The van der Waals surface area contributed by atoms with Crippen LogP contribution >= 0.6 is 0 Å². The number of carbonyl (C=O) groups excluding carboxylic acids is 2. The van der Waals surface area contributed by atoms with Gasteiger partial charge in [0.1, 0.15) is 0 Å². The van der Waals surface area contributed by atoms with Crippen LogP contribution in [0.15, 0.2) is 47.7 Å². The SMILES string of the molecule is Cc1cc(C)cc(N2C(=O)CC(c3ccc4c(c3)OCO4)C3=C2CCCC3=O)c1. The molecule has 0 saturated carbocycles. The summed E-state index contributed by atoms with van der Waals surface area (Å²) in [5.41, 5.74) is 5.66. The van der Waals surface area contributed by atoms with Gasteiger partial charge in [0.2, 0.25) is 12.7 Å². The highest BCUT2D eigenvalue weighted by molar-refractivity contribution is 6.07. The lowest BCUT2D eigenvalue weighted by Gasteiger charge is -2.38. The molecule has 5 rings (SSSR count). The van der Waals surface area contributed by atoms with Gasteiger partial charge in [0, 0.05) is 35.7 Å². The predicted octanol–water partition coefficient (Wildman–Crippen LogP) is 4.56. The van der Waals surface area contributed by atoms with Crippen LogP contribution in [-0.2, 0) is 9.59 Å². The van der Waals surface area contributed by atoms with E-state index in [1.807, 2.05) is 44.2 Å². The number of fused-ring (bicyclic) bond motifs is 1. The maximum absolute atomic E-state index is 13.3. The normalized spacial score (nSPS) is 20.9. The van der Waals surface area contributed by atoms with E-state index in [2.05, 4.69) is 6.07 Å². The lowest BCUT2D eigenvalue weighted by atomic mass is 9.77. The summed E-state index contributed by atoms with van der Waals surface area (Å²) in [4.78, 5) is 28.1. The van der Waals surface area contributed by atoms with Crippen LogP contribution < -0.4 is 14.4 Å². The molecule has 3 aliphatic rings. The highest BCUT2D eigenvalue weighted by atomic mass is 16.7. The van der Waals surface area contributed by atoms with Crippen LogP contribution in [0.25, 0.3) is 0 Å². The number of anilines is 1. The minimum atomic E-state index is -0.234. The molecule has 2 aliphatic heterocycles. The molecule has 1 unspecified atom stereocenters. The van der Waals surface area contributed by atoms with E-state index in [0.29, 0.717) is 17.9 Å². The third-order valence-corrected chi connectivity index (χ3v) is 5.94. The topological polar surface area (TPSA) is 55.8 Å². The molecule has 148 valence electrons. The zero-order chi connectivity index (χ0) is 20.1. The summed E-state index contributed by atoms with van der Waals surface area (Å²) in [5.74, 6) is 1.33. The number of ketones is 1. The van der Waals surface area contributed by atoms with Crippen LogP contribution in [-0.4, -0.2) is 18.5 Å².